The number of hydrogen-bond donors (Lipinski definition) is 0. The van der Waals surface area contributed by atoms with Gasteiger partial charge >= 0.3 is 0 Å². The van der Waals surface area contributed by atoms with Crippen molar-refractivity contribution in [2.75, 3.05) is 44.3 Å². The summed E-state index contributed by atoms with van der Waals surface area (Å²) in [5, 5.41) is 0. The molecule has 22 heavy (non-hydrogen) atoms. The lowest BCUT2D eigenvalue weighted by Gasteiger charge is -2.36. The van der Waals surface area contributed by atoms with Crippen molar-refractivity contribution in [3.63, 3.8) is 0 Å². The number of rotatable bonds is 4. The Labute approximate surface area is 134 Å². The van der Waals surface area contributed by atoms with E-state index in [1.54, 1.807) is 0 Å². The Morgan fingerprint density at radius 2 is 2.00 bits per heavy atom. The number of aromatic nitrogens is 1. The van der Waals surface area contributed by atoms with E-state index < -0.39 is 0 Å². The second-order valence-electron chi connectivity index (χ2n) is 6.49. The lowest BCUT2D eigenvalue weighted by molar-refractivity contribution is 0.122. The summed E-state index contributed by atoms with van der Waals surface area (Å²) in [6, 6.07) is 5.11. The minimum atomic E-state index is 0.569. The summed E-state index contributed by atoms with van der Waals surface area (Å²) in [5.74, 6) is 1.11. The molecule has 0 aliphatic carbocycles. The van der Waals surface area contributed by atoms with Crippen molar-refractivity contribution in [1.82, 2.24) is 9.88 Å². The summed E-state index contributed by atoms with van der Waals surface area (Å²) >= 11 is 0. The molecule has 0 aromatic carbocycles. The standard InChI is InChI=1S/C18H29N3O/c1-3-9-20-10-5-4-6-17(20)16-7-8-18(19-15(16)2)21-11-13-22-14-12-21/h7-8,17H,3-6,9-14H2,1-2H3/t17-/m1/s1. The number of anilines is 1. The van der Waals surface area contributed by atoms with E-state index in [0.717, 1.165) is 32.1 Å². The minimum Gasteiger partial charge on any atom is -0.378 e. The zero-order valence-corrected chi connectivity index (χ0v) is 14.1. The second kappa shape index (κ2) is 7.42. The maximum absolute atomic E-state index is 5.44. The molecule has 1 aromatic heterocycles. The van der Waals surface area contributed by atoms with Crippen LogP contribution in [-0.4, -0.2) is 49.3 Å². The number of morpholine rings is 1. The number of aryl methyl sites for hydroxylation is 1. The Balaban J connectivity index is 1.78. The molecule has 0 radical (unpaired) electrons. The summed E-state index contributed by atoms with van der Waals surface area (Å²) in [7, 11) is 0. The van der Waals surface area contributed by atoms with Crippen LogP contribution in [0.4, 0.5) is 5.82 Å². The summed E-state index contributed by atoms with van der Waals surface area (Å²) in [6.45, 7) is 10.4. The van der Waals surface area contributed by atoms with Gasteiger partial charge in [0.1, 0.15) is 5.82 Å². The Kier molecular flexibility index (Phi) is 5.32. The third-order valence-electron chi connectivity index (χ3n) is 4.93. The highest BCUT2D eigenvalue weighted by Gasteiger charge is 2.25. The molecule has 122 valence electrons. The second-order valence-corrected chi connectivity index (χ2v) is 6.49. The van der Waals surface area contributed by atoms with Crippen molar-refractivity contribution < 1.29 is 4.74 Å². The smallest absolute Gasteiger partial charge is 0.128 e. The van der Waals surface area contributed by atoms with Gasteiger partial charge < -0.3 is 9.64 Å². The van der Waals surface area contributed by atoms with Gasteiger partial charge in [-0.3, -0.25) is 4.90 Å². The number of ether oxygens (including phenoxy) is 1. The van der Waals surface area contributed by atoms with Crippen LogP contribution in [-0.2, 0) is 4.74 Å². The van der Waals surface area contributed by atoms with Crippen LogP contribution in [0.5, 0.6) is 0 Å². The number of likely N-dealkylation sites (tertiary alicyclic amines) is 1. The zero-order chi connectivity index (χ0) is 15.4. The van der Waals surface area contributed by atoms with Gasteiger partial charge in [0.2, 0.25) is 0 Å². The average molecular weight is 303 g/mol. The fraction of sp³-hybridized carbons (Fsp3) is 0.722. The molecule has 4 nitrogen and oxygen atoms in total. The number of pyridine rings is 1. The lowest BCUT2D eigenvalue weighted by atomic mass is 9.94. The van der Waals surface area contributed by atoms with Crippen molar-refractivity contribution in [2.45, 2.75) is 45.6 Å². The van der Waals surface area contributed by atoms with Gasteiger partial charge in [0.05, 0.1) is 13.2 Å². The van der Waals surface area contributed by atoms with E-state index in [1.165, 1.54) is 50.0 Å². The zero-order valence-electron chi connectivity index (χ0n) is 14.1. The minimum absolute atomic E-state index is 0.569. The monoisotopic (exact) mass is 303 g/mol. The maximum Gasteiger partial charge on any atom is 0.128 e. The Bertz CT molecular complexity index is 483. The highest BCUT2D eigenvalue weighted by Crippen LogP contribution is 2.33. The molecule has 2 aliphatic rings. The van der Waals surface area contributed by atoms with Crippen LogP contribution < -0.4 is 4.90 Å². The van der Waals surface area contributed by atoms with E-state index in [-0.39, 0.29) is 0 Å². The highest BCUT2D eigenvalue weighted by atomic mass is 16.5. The van der Waals surface area contributed by atoms with E-state index in [4.69, 9.17) is 9.72 Å². The molecule has 0 N–H and O–H groups in total. The van der Waals surface area contributed by atoms with Crippen molar-refractivity contribution in [3.8, 4) is 0 Å². The summed E-state index contributed by atoms with van der Waals surface area (Å²) in [4.78, 5) is 9.90. The maximum atomic E-state index is 5.44. The van der Waals surface area contributed by atoms with Gasteiger partial charge in [0, 0.05) is 24.8 Å². The molecule has 3 rings (SSSR count). The first-order valence-electron chi connectivity index (χ1n) is 8.84. The van der Waals surface area contributed by atoms with Crippen molar-refractivity contribution in [3.05, 3.63) is 23.4 Å². The SMILES string of the molecule is CCCN1CCCC[C@@H]1c1ccc(N2CCOCC2)nc1C. The van der Waals surface area contributed by atoms with Gasteiger partial charge in [-0.25, -0.2) is 4.98 Å². The molecule has 0 spiro atoms. The number of nitrogens with zero attached hydrogens (tertiary/aromatic N) is 3. The van der Waals surface area contributed by atoms with Crippen molar-refractivity contribution >= 4 is 5.82 Å². The van der Waals surface area contributed by atoms with Crippen molar-refractivity contribution in [1.29, 1.82) is 0 Å². The fourth-order valence-electron chi connectivity index (χ4n) is 3.78. The molecule has 0 unspecified atom stereocenters. The molecule has 2 aliphatic heterocycles. The van der Waals surface area contributed by atoms with Gasteiger partial charge in [-0.15, -0.1) is 0 Å². The van der Waals surface area contributed by atoms with Crippen LogP contribution in [0.15, 0.2) is 12.1 Å². The molecule has 1 atom stereocenters. The van der Waals surface area contributed by atoms with E-state index in [9.17, 15) is 0 Å². The predicted molar refractivity (Wildman–Crippen MR) is 90.5 cm³/mol. The van der Waals surface area contributed by atoms with Gasteiger partial charge in [-0.05, 0) is 50.9 Å². The quantitative estimate of drug-likeness (QED) is 0.854. The molecule has 2 saturated heterocycles. The van der Waals surface area contributed by atoms with E-state index in [2.05, 4.69) is 35.8 Å². The Morgan fingerprint density at radius 1 is 1.18 bits per heavy atom. The molecule has 0 bridgehead atoms. The van der Waals surface area contributed by atoms with Crippen LogP contribution in [0.1, 0.15) is 49.9 Å². The molecule has 3 heterocycles. The third-order valence-corrected chi connectivity index (χ3v) is 4.93. The normalized spacial score (nSPS) is 23.7. The molecule has 0 saturated carbocycles. The molecule has 2 fully saturated rings. The summed E-state index contributed by atoms with van der Waals surface area (Å²) < 4.78 is 5.44. The van der Waals surface area contributed by atoms with Crippen LogP contribution >= 0.6 is 0 Å². The first-order chi connectivity index (χ1) is 10.8. The molecule has 1 aromatic rings. The van der Waals surface area contributed by atoms with Crippen LogP contribution in [0, 0.1) is 6.92 Å². The van der Waals surface area contributed by atoms with Crippen molar-refractivity contribution in [2.24, 2.45) is 0 Å². The van der Waals surface area contributed by atoms with Gasteiger partial charge in [-0.2, -0.15) is 0 Å². The molecular formula is C18H29N3O. The van der Waals surface area contributed by atoms with Crippen LogP contribution in [0.2, 0.25) is 0 Å². The third kappa shape index (κ3) is 3.44. The van der Waals surface area contributed by atoms with Gasteiger partial charge in [0.25, 0.3) is 0 Å². The van der Waals surface area contributed by atoms with Crippen LogP contribution in [0.3, 0.4) is 0 Å². The number of hydrogen-bond acceptors (Lipinski definition) is 4. The van der Waals surface area contributed by atoms with Crippen LogP contribution in [0.25, 0.3) is 0 Å². The van der Waals surface area contributed by atoms with Gasteiger partial charge in [-0.1, -0.05) is 19.4 Å². The molecular weight excluding hydrogens is 274 g/mol. The van der Waals surface area contributed by atoms with E-state index in [1.807, 2.05) is 0 Å². The number of piperidine rings is 1. The lowest BCUT2D eigenvalue weighted by Crippen LogP contribution is -2.37. The average Bonchev–Trinajstić information content (AvgIpc) is 2.57. The molecule has 0 amide bonds. The summed E-state index contributed by atoms with van der Waals surface area (Å²) in [6.07, 6.45) is 5.19. The van der Waals surface area contributed by atoms with E-state index >= 15 is 0 Å². The van der Waals surface area contributed by atoms with E-state index in [0.29, 0.717) is 6.04 Å². The topological polar surface area (TPSA) is 28.6 Å². The largest absolute Gasteiger partial charge is 0.378 e. The van der Waals surface area contributed by atoms with Gasteiger partial charge in [0.15, 0.2) is 0 Å². The Hall–Kier alpha value is -1.13. The predicted octanol–water partition coefficient (Wildman–Crippen LogP) is 3.16. The first kappa shape index (κ1) is 15.8. The summed E-state index contributed by atoms with van der Waals surface area (Å²) in [5.41, 5.74) is 2.64. The molecule has 4 heteroatoms. The first-order valence-corrected chi connectivity index (χ1v) is 8.84. The highest BCUT2D eigenvalue weighted by molar-refractivity contribution is 5.43. The fourth-order valence-corrected chi connectivity index (χ4v) is 3.78. The Morgan fingerprint density at radius 3 is 2.73 bits per heavy atom.